The average molecular weight is 745 g/mol. The van der Waals surface area contributed by atoms with Crippen LogP contribution in [0.25, 0.3) is 0 Å². The van der Waals surface area contributed by atoms with E-state index in [-0.39, 0.29) is 25.6 Å². The quantitative estimate of drug-likeness (QED) is 0.0393. The van der Waals surface area contributed by atoms with Crippen LogP contribution in [0.5, 0.6) is 0 Å². The number of allylic oxidation sites excluding steroid dienone is 20. The fourth-order valence-electron chi connectivity index (χ4n) is 5.16. The molecule has 0 saturated heterocycles. The van der Waals surface area contributed by atoms with Gasteiger partial charge in [0.2, 0.25) is 0 Å². The summed E-state index contributed by atoms with van der Waals surface area (Å²) in [5, 5.41) is 9.57. The molecular weight excluding hydrogens is 669 g/mol. The molecular formula is C49H76O5. The van der Waals surface area contributed by atoms with Crippen molar-refractivity contribution in [2.24, 2.45) is 0 Å². The van der Waals surface area contributed by atoms with Crippen molar-refractivity contribution in [2.75, 3.05) is 13.2 Å². The molecule has 0 bridgehead atoms. The van der Waals surface area contributed by atoms with Crippen molar-refractivity contribution in [3.8, 4) is 0 Å². The van der Waals surface area contributed by atoms with Gasteiger partial charge in [-0.15, -0.1) is 0 Å². The predicted octanol–water partition coefficient (Wildman–Crippen LogP) is 13.6. The van der Waals surface area contributed by atoms with Crippen LogP contribution in [0.2, 0.25) is 0 Å². The van der Waals surface area contributed by atoms with Gasteiger partial charge < -0.3 is 14.6 Å². The first-order valence-electron chi connectivity index (χ1n) is 21.1. The maximum atomic E-state index is 12.2. The zero-order valence-electron chi connectivity index (χ0n) is 34.2. The molecule has 302 valence electrons. The number of unbranched alkanes of at least 4 members (excludes halogenated alkanes) is 8. The molecule has 1 N–H and O–H groups in total. The monoisotopic (exact) mass is 745 g/mol. The molecule has 1 atom stereocenters. The molecule has 0 heterocycles. The molecule has 0 amide bonds. The molecule has 0 aliphatic rings. The summed E-state index contributed by atoms with van der Waals surface area (Å²) in [6, 6.07) is 0. The highest BCUT2D eigenvalue weighted by atomic mass is 16.6. The summed E-state index contributed by atoms with van der Waals surface area (Å²) in [6.07, 6.45) is 64.1. The molecule has 0 radical (unpaired) electrons. The van der Waals surface area contributed by atoms with Crippen molar-refractivity contribution >= 4 is 11.9 Å². The van der Waals surface area contributed by atoms with Crippen LogP contribution in [-0.4, -0.2) is 36.4 Å². The predicted molar refractivity (Wildman–Crippen MR) is 232 cm³/mol. The third-order valence-corrected chi connectivity index (χ3v) is 8.26. The van der Waals surface area contributed by atoms with E-state index in [4.69, 9.17) is 9.47 Å². The number of aliphatic hydroxyl groups excluding tert-OH is 1. The lowest BCUT2D eigenvalue weighted by atomic mass is 10.1. The highest BCUT2D eigenvalue weighted by Gasteiger charge is 2.15. The Morgan fingerprint density at radius 2 is 0.778 bits per heavy atom. The van der Waals surface area contributed by atoms with E-state index in [2.05, 4.69) is 123 Å². The van der Waals surface area contributed by atoms with Gasteiger partial charge in [-0.05, 0) is 89.9 Å². The summed E-state index contributed by atoms with van der Waals surface area (Å²) < 4.78 is 10.6. The molecule has 0 fully saturated rings. The highest BCUT2D eigenvalue weighted by molar-refractivity contribution is 5.70. The van der Waals surface area contributed by atoms with Crippen LogP contribution in [0, 0.1) is 0 Å². The molecule has 0 aromatic heterocycles. The molecule has 0 aromatic rings. The lowest BCUT2D eigenvalue weighted by Gasteiger charge is -2.15. The van der Waals surface area contributed by atoms with Gasteiger partial charge in [-0.2, -0.15) is 0 Å². The summed E-state index contributed by atoms with van der Waals surface area (Å²) >= 11 is 0. The molecule has 5 nitrogen and oxygen atoms in total. The van der Waals surface area contributed by atoms with Gasteiger partial charge in [0.05, 0.1) is 6.61 Å². The molecule has 0 aliphatic carbocycles. The summed E-state index contributed by atoms with van der Waals surface area (Å²) in [5.74, 6) is -0.710. The lowest BCUT2D eigenvalue weighted by Crippen LogP contribution is -2.28. The van der Waals surface area contributed by atoms with Gasteiger partial charge in [0.15, 0.2) is 6.10 Å². The van der Waals surface area contributed by atoms with Gasteiger partial charge in [0.1, 0.15) is 6.61 Å². The summed E-state index contributed by atoms with van der Waals surface area (Å²) in [4.78, 5) is 24.3. The second-order valence-electron chi connectivity index (χ2n) is 13.3. The smallest absolute Gasteiger partial charge is 0.306 e. The molecule has 0 saturated carbocycles. The van der Waals surface area contributed by atoms with Crippen LogP contribution in [-0.2, 0) is 19.1 Å². The van der Waals surface area contributed by atoms with Crippen molar-refractivity contribution in [1.82, 2.24) is 0 Å². The van der Waals surface area contributed by atoms with Crippen LogP contribution in [0.4, 0.5) is 0 Å². The minimum atomic E-state index is -0.824. The maximum absolute atomic E-state index is 12.2. The fraction of sp³-hybridized carbons (Fsp3) is 0.551. The fourth-order valence-corrected chi connectivity index (χ4v) is 5.16. The van der Waals surface area contributed by atoms with Gasteiger partial charge in [-0.25, -0.2) is 0 Å². The maximum Gasteiger partial charge on any atom is 0.306 e. The van der Waals surface area contributed by atoms with Crippen molar-refractivity contribution in [2.45, 2.75) is 161 Å². The van der Waals surface area contributed by atoms with E-state index in [1.54, 1.807) is 0 Å². The van der Waals surface area contributed by atoms with E-state index < -0.39 is 12.1 Å². The molecule has 0 rings (SSSR count). The molecule has 54 heavy (non-hydrogen) atoms. The number of ether oxygens (including phenoxy) is 2. The molecule has 0 aliphatic heterocycles. The van der Waals surface area contributed by atoms with Gasteiger partial charge in [-0.3, -0.25) is 9.59 Å². The second kappa shape index (κ2) is 43.7. The zero-order valence-corrected chi connectivity index (χ0v) is 34.2. The molecule has 5 heteroatoms. The Hall–Kier alpha value is -3.70. The number of esters is 2. The first-order valence-corrected chi connectivity index (χ1v) is 21.1. The molecule has 1 unspecified atom stereocenters. The van der Waals surface area contributed by atoms with Crippen LogP contribution >= 0.6 is 0 Å². The number of hydrogen-bond donors (Lipinski definition) is 1. The summed E-state index contributed by atoms with van der Waals surface area (Å²) in [5.41, 5.74) is 0. The van der Waals surface area contributed by atoms with Gasteiger partial charge >= 0.3 is 11.9 Å². The number of carbonyl (C=O) groups excluding carboxylic acids is 2. The first-order chi connectivity index (χ1) is 26.6. The number of carbonyl (C=O) groups is 2. The van der Waals surface area contributed by atoms with Gasteiger partial charge in [-0.1, -0.05) is 174 Å². The van der Waals surface area contributed by atoms with E-state index in [9.17, 15) is 14.7 Å². The topological polar surface area (TPSA) is 72.8 Å². The standard InChI is InChI=1S/C49H76O5/c1-3-5-7-9-11-13-15-17-19-21-23-24-26-27-29-31-33-35-37-39-41-43-48(51)53-46-47(45-50)54-49(52)44-42-40-38-36-34-32-30-28-25-22-20-18-16-14-12-10-8-6-4-2/h5-8,11-14,17-20,23-25,28,32,34,38,40,47,50H,3-4,9-10,15-16,21-22,26-27,29-31,33,35-37,39,41-46H2,1-2H3/b7-5-,8-6-,13-11-,14-12-,19-17-,20-18-,24-23-,28-25-,34-32-,40-38-. The summed E-state index contributed by atoms with van der Waals surface area (Å²) in [7, 11) is 0. The Balaban J connectivity index is 3.72. The Bertz CT molecular complexity index is 1160. The van der Waals surface area contributed by atoms with E-state index >= 15 is 0 Å². The van der Waals surface area contributed by atoms with Crippen LogP contribution in [0.15, 0.2) is 122 Å². The minimum Gasteiger partial charge on any atom is -0.462 e. The van der Waals surface area contributed by atoms with Crippen LogP contribution in [0.3, 0.4) is 0 Å². The second-order valence-corrected chi connectivity index (χ2v) is 13.3. The first kappa shape index (κ1) is 50.3. The van der Waals surface area contributed by atoms with Crippen molar-refractivity contribution < 1.29 is 24.2 Å². The SMILES string of the molecule is CC/C=C\C/C=C\C/C=C\C/C=C\C/C=C\C/C=C\CCC(=O)OC(CO)COC(=O)CCCCCCCCCC/C=C\C/C=C\C/C=C\C/C=C\CC. The largest absolute Gasteiger partial charge is 0.462 e. The zero-order chi connectivity index (χ0) is 39.3. The average Bonchev–Trinajstić information content (AvgIpc) is 3.17. The number of hydrogen-bond acceptors (Lipinski definition) is 5. The Labute approximate surface area is 331 Å². The van der Waals surface area contributed by atoms with Crippen molar-refractivity contribution in [3.63, 3.8) is 0 Å². The number of rotatable bonds is 36. The van der Waals surface area contributed by atoms with Gasteiger partial charge in [0.25, 0.3) is 0 Å². The van der Waals surface area contributed by atoms with Crippen LogP contribution in [0.1, 0.15) is 155 Å². The van der Waals surface area contributed by atoms with Gasteiger partial charge in [0, 0.05) is 12.8 Å². The molecule has 0 aromatic carbocycles. The Morgan fingerprint density at radius 1 is 0.426 bits per heavy atom. The van der Waals surface area contributed by atoms with Crippen LogP contribution < -0.4 is 0 Å². The molecule has 0 spiro atoms. The summed E-state index contributed by atoms with van der Waals surface area (Å²) in [6.45, 7) is 3.82. The Kier molecular flexibility index (Phi) is 40.7. The minimum absolute atomic E-state index is 0.109. The third-order valence-electron chi connectivity index (χ3n) is 8.26. The lowest BCUT2D eigenvalue weighted by molar-refractivity contribution is -0.161. The van der Waals surface area contributed by atoms with E-state index in [1.807, 2.05) is 12.2 Å². The van der Waals surface area contributed by atoms with E-state index in [0.29, 0.717) is 12.8 Å². The normalized spacial score (nSPS) is 13.5. The third kappa shape index (κ3) is 41.1. The highest BCUT2D eigenvalue weighted by Crippen LogP contribution is 2.12. The van der Waals surface area contributed by atoms with E-state index in [0.717, 1.165) is 89.9 Å². The van der Waals surface area contributed by atoms with Crippen molar-refractivity contribution in [3.05, 3.63) is 122 Å². The Morgan fingerprint density at radius 3 is 1.19 bits per heavy atom. The number of aliphatic hydroxyl groups is 1. The van der Waals surface area contributed by atoms with Crippen molar-refractivity contribution in [1.29, 1.82) is 0 Å². The van der Waals surface area contributed by atoms with E-state index in [1.165, 1.54) is 32.1 Å².